The number of piperazine rings is 1. The molecule has 0 amide bonds. The Hall–Kier alpha value is -4.02. The molecule has 9 nitrogen and oxygen atoms in total. The van der Waals surface area contributed by atoms with E-state index in [1.165, 1.54) is 5.69 Å². The first-order chi connectivity index (χ1) is 17.4. The maximum absolute atomic E-state index is 11.9. The molecular formula is C26H27N7O2S. The summed E-state index contributed by atoms with van der Waals surface area (Å²) in [6.07, 6.45) is 3.44. The van der Waals surface area contributed by atoms with Crippen LogP contribution in [0, 0.1) is 0 Å². The Morgan fingerprint density at radius 1 is 0.972 bits per heavy atom. The van der Waals surface area contributed by atoms with Gasteiger partial charge in [0.1, 0.15) is 5.52 Å². The number of rotatable bonds is 7. The van der Waals surface area contributed by atoms with Gasteiger partial charge in [-0.05, 0) is 49.5 Å². The van der Waals surface area contributed by atoms with Crippen LogP contribution in [-0.4, -0.2) is 61.5 Å². The van der Waals surface area contributed by atoms with Crippen molar-refractivity contribution < 1.29 is 8.42 Å². The molecule has 1 aliphatic rings. The number of fused-ring (bicyclic) bond motifs is 1. The van der Waals surface area contributed by atoms with Gasteiger partial charge in [0.25, 0.3) is 10.0 Å². The van der Waals surface area contributed by atoms with Crippen molar-refractivity contribution in [1.29, 1.82) is 0 Å². The normalized spacial score (nSPS) is 14.5. The number of aromatic nitrogens is 3. The first-order valence-corrected chi connectivity index (χ1v) is 13.1. The lowest BCUT2D eigenvalue weighted by Gasteiger charge is -2.34. The fourth-order valence-corrected chi connectivity index (χ4v) is 4.65. The van der Waals surface area contributed by atoms with Gasteiger partial charge in [-0.15, -0.1) is 0 Å². The molecule has 3 heterocycles. The minimum atomic E-state index is -3.62. The van der Waals surface area contributed by atoms with Gasteiger partial charge in [0, 0.05) is 72.0 Å². The summed E-state index contributed by atoms with van der Waals surface area (Å²) in [6.45, 7) is 7.49. The second kappa shape index (κ2) is 9.92. The maximum atomic E-state index is 11.9. The Morgan fingerprint density at radius 3 is 2.50 bits per heavy atom. The van der Waals surface area contributed by atoms with Crippen LogP contribution < -0.4 is 14.9 Å². The van der Waals surface area contributed by atoms with Crippen LogP contribution in [0.15, 0.2) is 79.0 Å². The van der Waals surface area contributed by atoms with Crippen LogP contribution in [0.5, 0.6) is 0 Å². The smallest absolute Gasteiger partial charge is 0.254 e. The van der Waals surface area contributed by atoms with Crippen LogP contribution in [-0.2, 0) is 10.0 Å². The number of likely N-dealkylation sites (N-methyl/N-ethyl adjacent to an activating group) is 1. The van der Waals surface area contributed by atoms with Crippen LogP contribution in [0.2, 0.25) is 0 Å². The van der Waals surface area contributed by atoms with Crippen molar-refractivity contribution in [3.05, 3.63) is 79.0 Å². The average molecular weight is 502 g/mol. The van der Waals surface area contributed by atoms with E-state index in [0.29, 0.717) is 22.8 Å². The summed E-state index contributed by atoms with van der Waals surface area (Å²) >= 11 is 0. The molecule has 0 radical (unpaired) electrons. The standard InChI is InChI=1S/C26H27N7O2S/c1-3-36(34,35)31-22-6-4-5-19(17-22)24-25-20(11-12-27-24)18-28-26(30-25)29-21-7-9-23(10-8-21)33-15-13-32(2)14-16-33/h3-12,17-18,31H,1,13-16H2,2H3,(H,28,29,30). The van der Waals surface area contributed by atoms with E-state index in [4.69, 9.17) is 4.98 Å². The summed E-state index contributed by atoms with van der Waals surface area (Å²) in [4.78, 5) is 18.4. The molecule has 0 unspecified atom stereocenters. The molecule has 10 heteroatoms. The van der Waals surface area contributed by atoms with Gasteiger partial charge >= 0.3 is 0 Å². The molecule has 2 aromatic heterocycles. The van der Waals surface area contributed by atoms with Crippen molar-refractivity contribution in [3.63, 3.8) is 0 Å². The van der Waals surface area contributed by atoms with E-state index in [-0.39, 0.29) is 0 Å². The molecule has 0 spiro atoms. The van der Waals surface area contributed by atoms with Crippen LogP contribution in [0.1, 0.15) is 0 Å². The first-order valence-electron chi connectivity index (χ1n) is 11.6. The highest BCUT2D eigenvalue weighted by Gasteiger charge is 2.15. The molecule has 2 aromatic carbocycles. The number of hydrogen-bond acceptors (Lipinski definition) is 8. The van der Waals surface area contributed by atoms with E-state index in [1.807, 2.05) is 24.3 Å². The Morgan fingerprint density at radius 2 is 1.75 bits per heavy atom. The number of hydrogen-bond donors (Lipinski definition) is 2. The fourth-order valence-electron chi connectivity index (χ4n) is 4.11. The van der Waals surface area contributed by atoms with Crippen LogP contribution in [0.3, 0.4) is 0 Å². The molecular weight excluding hydrogens is 474 g/mol. The van der Waals surface area contributed by atoms with E-state index in [0.717, 1.165) is 48.2 Å². The number of benzene rings is 2. The second-order valence-corrected chi connectivity index (χ2v) is 10.3. The first kappa shape index (κ1) is 23.7. The zero-order valence-corrected chi connectivity index (χ0v) is 20.7. The molecule has 1 fully saturated rings. The molecule has 184 valence electrons. The fraction of sp³-hybridized carbons (Fsp3) is 0.192. The van der Waals surface area contributed by atoms with Gasteiger partial charge in [-0.2, -0.15) is 0 Å². The molecule has 4 aromatic rings. The summed E-state index contributed by atoms with van der Waals surface area (Å²) in [5, 5.41) is 4.98. The minimum absolute atomic E-state index is 0.416. The van der Waals surface area contributed by atoms with Gasteiger partial charge in [-0.25, -0.2) is 18.4 Å². The highest BCUT2D eigenvalue weighted by atomic mass is 32.2. The zero-order chi connectivity index (χ0) is 25.1. The lowest BCUT2D eigenvalue weighted by molar-refractivity contribution is 0.313. The predicted octanol–water partition coefficient (Wildman–Crippen LogP) is 4.07. The molecule has 0 atom stereocenters. The topological polar surface area (TPSA) is 103 Å². The number of sulfonamides is 1. The maximum Gasteiger partial charge on any atom is 0.254 e. The Labute approximate surface area is 210 Å². The third-order valence-corrected chi connectivity index (χ3v) is 7.07. The predicted molar refractivity (Wildman–Crippen MR) is 145 cm³/mol. The zero-order valence-electron chi connectivity index (χ0n) is 19.9. The van der Waals surface area contributed by atoms with Crippen molar-refractivity contribution in [1.82, 2.24) is 19.9 Å². The Bertz CT molecular complexity index is 1500. The molecule has 1 aliphatic heterocycles. The molecule has 36 heavy (non-hydrogen) atoms. The van der Waals surface area contributed by atoms with Gasteiger partial charge in [-0.1, -0.05) is 18.7 Å². The minimum Gasteiger partial charge on any atom is -0.369 e. The monoisotopic (exact) mass is 501 g/mol. The van der Waals surface area contributed by atoms with E-state index in [9.17, 15) is 8.42 Å². The van der Waals surface area contributed by atoms with Gasteiger partial charge in [0.05, 0.1) is 5.69 Å². The van der Waals surface area contributed by atoms with Crippen LogP contribution in [0.25, 0.3) is 22.2 Å². The highest BCUT2D eigenvalue weighted by Crippen LogP contribution is 2.28. The summed E-state index contributed by atoms with van der Waals surface area (Å²) in [6, 6.07) is 17.1. The Kier molecular flexibility index (Phi) is 6.53. The van der Waals surface area contributed by atoms with Crippen molar-refractivity contribution in [2.24, 2.45) is 0 Å². The number of pyridine rings is 1. The molecule has 0 aliphatic carbocycles. The van der Waals surface area contributed by atoms with E-state index in [1.54, 1.807) is 30.6 Å². The largest absolute Gasteiger partial charge is 0.369 e. The van der Waals surface area contributed by atoms with Gasteiger partial charge in [0.2, 0.25) is 5.95 Å². The van der Waals surface area contributed by atoms with Crippen LogP contribution in [0.4, 0.5) is 23.0 Å². The lowest BCUT2D eigenvalue weighted by Crippen LogP contribution is -2.44. The third kappa shape index (κ3) is 5.29. The van der Waals surface area contributed by atoms with E-state index in [2.05, 4.69) is 55.6 Å². The molecule has 1 saturated heterocycles. The van der Waals surface area contributed by atoms with Crippen molar-refractivity contribution in [3.8, 4) is 11.3 Å². The summed E-state index contributed by atoms with van der Waals surface area (Å²) in [7, 11) is -1.47. The highest BCUT2D eigenvalue weighted by molar-refractivity contribution is 7.95. The molecule has 2 N–H and O–H groups in total. The van der Waals surface area contributed by atoms with Gasteiger partial charge in [-0.3, -0.25) is 9.71 Å². The van der Waals surface area contributed by atoms with Crippen molar-refractivity contribution >= 4 is 43.9 Å². The number of nitrogens with zero attached hydrogens (tertiary/aromatic N) is 5. The lowest BCUT2D eigenvalue weighted by atomic mass is 10.1. The Balaban J connectivity index is 1.40. The SMILES string of the molecule is C=CS(=O)(=O)Nc1cccc(-c2nccc3cnc(Nc4ccc(N5CCN(C)CC5)cc4)nc23)c1. The van der Waals surface area contributed by atoms with Crippen molar-refractivity contribution in [2.75, 3.05) is 48.2 Å². The molecule has 0 bridgehead atoms. The quantitative estimate of drug-likeness (QED) is 0.391. The molecule has 5 rings (SSSR count). The number of nitrogens with one attached hydrogen (secondary N) is 2. The van der Waals surface area contributed by atoms with Crippen LogP contribution >= 0.6 is 0 Å². The van der Waals surface area contributed by atoms with Gasteiger partial charge < -0.3 is 15.1 Å². The van der Waals surface area contributed by atoms with Crippen molar-refractivity contribution in [2.45, 2.75) is 0 Å². The molecule has 0 saturated carbocycles. The third-order valence-electron chi connectivity index (χ3n) is 6.11. The summed E-state index contributed by atoms with van der Waals surface area (Å²) in [5.74, 6) is 0.451. The van der Waals surface area contributed by atoms with Gasteiger partial charge in [0.15, 0.2) is 0 Å². The number of anilines is 4. The van der Waals surface area contributed by atoms with E-state index < -0.39 is 10.0 Å². The average Bonchev–Trinajstić information content (AvgIpc) is 2.89. The second-order valence-electron chi connectivity index (χ2n) is 8.65. The summed E-state index contributed by atoms with van der Waals surface area (Å²) < 4.78 is 26.3. The van der Waals surface area contributed by atoms with E-state index >= 15 is 0 Å². The summed E-state index contributed by atoms with van der Waals surface area (Å²) in [5.41, 5.74) is 4.52.